The Morgan fingerprint density at radius 3 is 2.31 bits per heavy atom. The maximum atomic E-state index is 11.5. The van der Waals surface area contributed by atoms with Crippen molar-refractivity contribution in [2.75, 3.05) is 26.7 Å². The molecule has 0 unspecified atom stereocenters. The zero-order chi connectivity index (χ0) is 18.9. The predicted octanol–water partition coefficient (Wildman–Crippen LogP) is 2.53. The lowest BCUT2D eigenvalue weighted by molar-refractivity contribution is 0.0527. The molecule has 0 aliphatic heterocycles. The minimum absolute atomic E-state index is 0. The Morgan fingerprint density at radius 2 is 1.77 bits per heavy atom. The maximum absolute atomic E-state index is 11.5. The third-order valence-corrected chi connectivity index (χ3v) is 3.39. The summed E-state index contributed by atoms with van der Waals surface area (Å²) in [5.74, 6) is 1.58. The molecule has 0 saturated carbocycles. The summed E-state index contributed by atoms with van der Waals surface area (Å²) in [6.07, 6.45) is 1.20. The highest BCUT2D eigenvalue weighted by Gasteiger charge is 2.15. The Labute approximate surface area is 172 Å². The van der Waals surface area contributed by atoms with Crippen molar-refractivity contribution in [2.24, 2.45) is 4.99 Å². The van der Waals surface area contributed by atoms with Crippen LogP contribution in [0, 0.1) is 13.8 Å². The molecule has 0 spiro atoms. The molecule has 0 aliphatic rings. The lowest BCUT2D eigenvalue weighted by Crippen LogP contribution is -2.40. The first-order valence-electron chi connectivity index (χ1n) is 8.56. The SMILES string of the molecule is CN=C(NCCCNC(=O)OC(C)(C)C)NCCc1c(C)noc1C.I. The number of hydrogen-bond acceptors (Lipinski definition) is 5. The molecule has 1 rings (SSSR count). The molecule has 1 aromatic rings. The molecule has 1 aromatic heterocycles. The van der Waals surface area contributed by atoms with E-state index in [0.717, 1.165) is 42.4 Å². The van der Waals surface area contributed by atoms with Crippen LogP contribution in [0.5, 0.6) is 0 Å². The van der Waals surface area contributed by atoms with Gasteiger partial charge in [0.15, 0.2) is 5.96 Å². The molecule has 3 N–H and O–H groups in total. The second kappa shape index (κ2) is 12.0. The van der Waals surface area contributed by atoms with Gasteiger partial charge in [0.25, 0.3) is 0 Å². The smallest absolute Gasteiger partial charge is 0.407 e. The first-order valence-corrected chi connectivity index (χ1v) is 8.56. The molecule has 0 radical (unpaired) electrons. The molecule has 0 aliphatic carbocycles. The molecular weight excluding hydrogens is 449 g/mol. The number of nitrogens with zero attached hydrogens (tertiary/aromatic N) is 2. The van der Waals surface area contributed by atoms with Gasteiger partial charge in [0.05, 0.1) is 5.69 Å². The first-order chi connectivity index (χ1) is 11.7. The molecule has 0 fully saturated rings. The second-order valence-electron chi connectivity index (χ2n) is 6.76. The molecule has 0 bridgehead atoms. The average molecular weight is 481 g/mol. The third kappa shape index (κ3) is 9.83. The summed E-state index contributed by atoms with van der Waals surface area (Å²) in [5, 5.41) is 13.1. The van der Waals surface area contributed by atoms with Crippen molar-refractivity contribution < 1.29 is 14.1 Å². The van der Waals surface area contributed by atoms with E-state index in [9.17, 15) is 4.79 Å². The number of alkyl carbamates (subject to hydrolysis) is 1. The lowest BCUT2D eigenvalue weighted by Gasteiger charge is -2.19. The van der Waals surface area contributed by atoms with E-state index in [1.807, 2.05) is 34.6 Å². The fourth-order valence-corrected chi connectivity index (χ4v) is 2.19. The highest BCUT2D eigenvalue weighted by Crippen LogP contribution is 2.11. The van der Waals surface area contributed by atoms with Gasteiger partial charge in [-0.15, -0.1) is 24.0 Å². The number of aliphatic imine (C=N–C) groups is 1. The van der Waals surface area contributed by atoms with Crippen molar-refractivity contribution in [1.82, 2.24) is 21.1 Å². The monoisotopic (exact) mass is 481 g/mol. The van der Waals surface area contributed by atoms with Crippen LogP contribution in [0.2, 0.25) is 0 Å². The van der Waals surface area contributed by atoms with Crippen LogP contribution in [0.4, 0.5) is 4.79 Å². The standard InChI is InChI=1S/C17H31N5O3.HI/c1-12-14(13(2)25-22-12)8-11-20-15(18-6)19-9-7-10-21-16(23)24-17(3,4)5;/h7-11H2,1-6H3,(H,21,23)(H2,18,19,20);1H. The Kier molecular flexibility index (Phi) is 11.3. The van der Waals surface area contributed by atoms with Crippen molar-refractivity contribution >= 4 is 36.0 Å². The van der Waals surface area contributed by atoms with E-state index in [2.05, 4.69) is 26.1 Å². The van der Waals surface area contributed by atoms with Crippen molar-refractivity contribution in [2.45, 2.75) is 53.1 Å². The van der Waals surface area contributed by atoms with Gasteiger partial charge < -0.3 is 25.2 Å². The minimum atomic E-state index is -0.477. The quantitative estimate of drug-likeness (QED) is 0.240. The fraction of sp³-hybridized carbons (Fsp3) is 0.706. The average Bonchev–Trinajstić information content (AvgIpc) is 2.82. The summed E-state index contributed by atoms with van der Waals surface area (Å²) in [7, 11) is 1.73. The third-order valence-electron chi connectivity index (χ3n) is 3.39. The van der Waals surface area contributed by atoms with Gasteiger partial charge in [-0.25, -0.2) is 4.79 Å². The summed E-state index contributed by atoms with van der Waals surface area (Å²) in [6, 6.07) is 0. The Balaban J connectivity index is 0.00000625. The highest BCUT2D eigenvalue weighted by molar-refractivity contribution is 14.0. The van der Waals surface area contributed by atoms with Gasteiger partial charge in [-0.3, -0.25) is 4.99 Å². The number of hydrogen-bond donors (Lipinski definition) is 3. The number of halogens is 1. The zero-order valence-corrected chi connectivity index (χ0v) is 18.9. The van der Waals surface area contributed by atoms with Crippen molar-refractivity contribution in [3.63, 3.8) is 0 Å². The molecule has 0 atom stereocenters. The summed E-state index contributed by atoms with van der Waals surface area (Å²) in [5.41, 5.74) is 1.58. The van der Waals surface area contributed by atoms with Gasteiger partial charge in [-0.1, -0.05) is 5.16 Å². The summed E-state index contributed by atoms with van der Waals surface area (Å²) in [4.78, 5) is 15.7. The lowest BCUT2D eigenvalue weighted by atomic mass is 10.1. The molecule has 26 heavy (non-hydrogen) atoms. The topological polar surface area (TPSA) is 101 Å². The molecule has 1 heterocycles. The van der Waals surface area contributed by atoms with Crippen LogP contribution >= 0.6 is 24.0 Å². The van der Waals surface area contributed by atoms with E-state index in [4.69, 9.17) is 9.26 Å². The van der Waals surface area contributed by atoms with Crippen molar-refractivity contribution in [1.29, 1.82) is 0 Å². The first kappa shape index (κ1) is 24.5. The van der Waals surface area contributed by atoms with Crippen LogP contribution in [0.25, 0.3) is 0 Å². The number of ether oxygens (including phenoxy) is 1. The molecule has 8 nitrogen and oxygen atoms in total. The van der Waals surface area contributed by atoms with Crippen LogP contribution in [0.1, 0.15) is 44.2 Å². The Hall–Kier alpha value is -1.52. The van der Waals surface area contributed by atoms with Crippen LogP contribution in [-0.2, 0) is 11.2 Å². The van der Waals surface area contributed by atoms with Crippen molar-refractivity contribution in [3.05, 3.63) is 17.0 Å². The largest absolute Gasteiger partial charge is 0.444 e. The van der Waals surface area contributed by atoms with Gasteiger partial charge in [0, 0.05) is 32.2 Å². The zero-order valence-electron chi connectivity index (χ0n) is 16.6. The van der Waals surface area contributed by atoms with E-state index in [0.29, 0.717) is 13.1 Å². The summed E-state index contributed by atoms with van der Waals surface area (Å²) < 4.78 is 10.3. The highest BCUT2D eigenvalue weighted by atomic mass is 127. The van der Waals surface area contributed by atoms with Crippen LogP contribution < -0.4 is 16.0 Å². The summed E-state index contributed by atoms with van der Waals surface area (Å²) >= 11 is 0. The second-order valence-corrected chi connectivity index (χ2v) is 6.76. The number of guanidine groups is 1. The van der Waals surface area contributed by atoms with Gasteiger partial charge in [-0.2, -0.15) is 0 Å². The van der Waals surface area contributed by atoms with Gasteiger partial charge in [0.1, 0.15) is 11.4 Å². The Bertz CT molecular complexity index is 562. The molecular formula is C17H32IN5O3. The number of carbonyl (C=O) groups is 1. The van der Waals surface area contributed by atoms with Gasteiger partial charge in [-0.05, 0) is 47.5 Å². The normalized spacial score (nSPS) is 11.5. The molecule has 1 amide bonds. The molecule has 0 saturated heterocycles. The number of rotatable bonds is 7. The summed E-state index contributed by atoms with van der Waals surface area (Å²) in [6.45, 7) is 11.3. The number of aryl methyl sites for hydroxylation is 2. The molecule has 150 valence electrons. The Morgan fingerprint density at radius 1 is 1.15 bits per heavy atom. The van der Waals surface area contributed by atoms with Crippen LogP contribution in [0.3, 0.4) is 0 Å². The van der Waals surface area contributed by atoms with E-state index in [1.54, 1.807) is 7.05 Å². The van der Waals surface area contributed by atoms with E-state index < -0.39 is 11.7 Å². The van der Waals surface area contributed by atoms with E-state index in [1.165, 1.54) is 0 Å². The number of aromatic nitrogens is 1. The molecule has 0 aromatic carbocycles. The number of carbonyl (C=O) groups excluding carboxylic acids is 1. The fourth-order valence-electron chi connectivity index (χ4n) is 2.19. The van der Waals surface area contributed by atoms with E-state index >= 15 is 0 Å². The number of amides is 1. The predicted molar refractivity (Wildman–Crippen MR) is 113 cm³/mol. The van der Waals surface area contributed by atoms with Crippen LogP contribution in [-0.4, -0.2) is 49.5 Å². The molecule has 9 heteroatoms. The number of nitrogens with one attached hydrogen (secondary N) is 3. The van der Waals surface area contributed by atoms with E-state index in [-0.39, 0.29) is 24.0 Å². The maximum Gasteiger partial charge on any atom is 0.407 e. The minimum Gasteiger partial charge on any atom is -0.444 e. The van der Waals surface area contributed by atoms with Crippen LogP contribution in [0.15, 0.2) is 9.52 Å². The van der Waals surface area contributed by atoms with Crippen molar-refractivity contribution in [3.8, 4) is 0 Å². The van der Waals surface area contributed by atoms with Gasteiger partial charge >= 0.3 is 6.09 Å². The van der Waals surface area contributed by atoms with Gasteiger partial charge in [0.2, 0.25) is 0 Å².